The van der Waals surface area contributed by atoms with Gasteiger partial charge in [0.15, 0.2) is 5.82 Å². The first-order chi connectivity index (χ1) is 13.2. The molecule has 1 N–H and O–H groups in total. The lowest BCUT2D eigenvalue weighted by Crippen LogP contribution is -2.42. The number of nitrogens with zero attached hydrogens (tertiary/aromatic N) is 3. The highest BCUT2D eigenvalue weighted by molar-refractivity contribution is 5.83. The largest absolute Gasteiger partial charge is 0.391 e. The average molecular weight is 363 g/mol. The van der Waals surface area contributed by atoms with E-state index in [0.29, 0.717) is 19.0 Å². The van der Waals surface area contributed by atoms with Gasteiger partial charge in [-0.3, -0.25) is 4.90 Å². The lowest BCUT2D eigenvalue weighted by atomic mass is 9.86. The highest BCUT2D eigenvalue weighted by atomic mass is 16.5. The molecule has 1 fully saturated rings. The summed E-state index contributed by atoms with van der Waals surface area (Å²) in [4.78, 5) is 10.9. The number of piperidine rings is 1. The molecular weight excluding hydrogens is 338 g/mol. The van der Waals surface area contributed by atoms with Crippen LogP contribution >= 0.6 is 0 Å². The van der Waals surface area contributed by atoms with Crippen LogP contribution in [0.25, 0.3) is 10.8 Å². The first kappa shape index (κ1) is 18.0. The maximum atomic E-state index is 10.8. The fourth-order valence-electron chi connectivity index (χ4n) is 3.89. The van der Waals surface area contributed by atoms with Gasteiger partial charge in [0, 0.05) is 44.1 Å². The van der Waals surface area contributed by atoms with Crippen LogP contribution in [-0.4, -0.2) is 46.3 Å². The van der Waals surface area contributed by atoms with E-state index in [1.165, 1.54) is 16.3 Å². The standard InChI is InChI=1S/C22H25N3O2/c1-27-15-22-23-11-16(12-24-22)13-25-9-8-20(21(26)14-25)19-7-6-17-4-2-3-5-18(17)10-19/h2-7,10-12,20-21,26H,8-9,13-15H2,1H3/t20-,21+/m0/s1. The molecule has 0 bridgehead atoms. The third kappa shape index (κ3) is 4.16. The van der Waals surface area contributed by atoms with Crippen molar-refractivity contribution in [1.82, 2.24) is 14.9 Å². The second-order valence-electron chi connectivity index (χ2n) is 7.24. The zero-order chi connectivity index (χ0) is 18.6. The topological polar surface area (TPSA) is 58.5 Å². The Labute approximate surface area is 159 Å². The van der Waals surface area contributed by atoms with Gasteiger partial charge in [-0.15, -0.1) is 0 Å². The van der Waals surface area contributed by atoms with Gasteiger partial charge in [-0.2, -0.15) is 0 Å². The van der Waals surface area contributed by atoms with Gasteiger partial charge in [0.2, 0.25) is 0 Å². The summed E-state index contributed by atoms with van der Waals surface area (Å²) in [7, 11) is 1.64. The maximum absolute atomic E-state index is 10.8. The Kier molecular flexibility index (Phi) is 5.43. The van der Waals surface area contributed by atoms with Crippen LogP contribution in [0.15, 0.2) is 54.9 Å². The van der Waals surface area contributed by atoms with Crippen LogP contribution in [0.4, 0.5) is 0 Å². The number of hydrogen-bond donors (Lipinski definition) is 1. The number of ether oxygens (including phenoxy) is 1. The summed E-state index contributed by atoms with van der Waals surface area (Å²) in [6.07, 6.45) is 4.28. The number of benzene rings is 2. The molecule has 1 aliphatic heterocycles. The Bertz CT molecular complexity index is 897. The third-order valence-electron chi connectivity index (χ3n) is 5.31. The summed E-state index contributed by atoms with van der Waals surface area (Å²) >= 11 is 0. The van der Waals surface area contributed by atoms with E-state index in [-0.39, 0.29) is 12.0 Å². The van der Waals surface area contributed by atoms with Gasteiger partial charge in [-0.25, -0.2) is 9.97 Å². The average Bonchev–Trinajstić information content (AvgIpc) is 2.69. The molecule has 2 atom stereocenters. The van der Waals surface area contributed by atoms with E-state index in [2.05, 4.69) is 57.3 Å². The van der Waals surface area contributed by atoms with Crippen molar-refractivity contribution in [2.24, 2.45) is 0 Å². The van der Waals surface area contributed by atoms with Crippen LogP contribution in [0, 0.1) is 0 Å². The molecule has 140 valence electrons. The van der Waals surface area contributed by atoms with E-state index < -0.39 is 0 Å². The van der Waals surface area contributed by atoms with Crippen LogP contribution in [0.3, 0.4) is 0 Å². The highest BCUT2D eigenvalue weighted by Crippen LogP contribution is 2.31. The molecule has 3 aromatic rings. The zero-order valence-corrected chi connectivity index (χ0v) is 15.6. The van der Waals surface area contributed by atoms with Gasteiger partial charge in [0.25, 0.3) is 0 Å². The van der Waals surface area contributed by atoms with Crippen LogP contribution in [-0.2, 0) is 17.9 Å². The third-order valence-corrected chi connectivity index (χ3v) is 5.31. The second kappa shape index (κ2) is 8.13. The summed E-state index contributed by atoms with van der Waals surface area (Å²) in [5.74, 6) is 0.877. The highest BCUT2D eigenvalue weighted by Gasteiger charge is 2.29. The minimum atomic E-state index is -0.367. The Morgan fingerprint density at radius 2 is 1.89 bits per heavy atom. The first-order valence-electron chi connectivity index (χ1n) is 9.41. The lowest BCUT2D eigenvalue weighted by molar-refractivity contribution is 0.0476. The molecule has 0 spiro atoms. The van der Waals surface area contributed by atoms with Crippen LogP contribution in [0.1, 0.15) is 29.3 Å². The maximum Gasteiger partial charge on any atom is 0.153 e. The SMILES string of the molecule is COCc1ncc(CN2CC[C@@H](c3ccc4ccccc4c3)[C@H](O)C2)cn1. The molecule has 0 aliphatic carbocycles. The summed E-state index contributed by atoms with van der Waals surface area (Å²) in [6, 6.07) is 14.9. The minimum absolute atomic E-state index is 0.186. The fraction of sp³-hybridized carbons (Fsp3) is 0.364. The van der Waals surface area contributed by atoms with Crippen molar-refractivity contribution >= 4 is 10.8 Å². The fourth-order valence-corrected chi connectivity index (χ4v) is 3.89. The number of aliphatic hydroxyl groups excluding tert-OH is 1. The molecule has 5 heteroatoms. The number of β-amino-alcohol motifs (C(OH)–C–C–N with tert-alkyl or cyclic N) is 1. The quantitative estimate of drug-likeness (QED) is 0.755. The van der Waals surface area contributed by atoms with Crippen LogP contribution in [0.2, 0.25) is 0 Å². The summed E-state index contributed by atoms with van der Waals surface area (Å²) < 4.78 is 5.04. The number of likely N-dealkylation sites (tertiary alicyclic amines) is 1. The molecule has 5 nitrogen and oxygen atoms in total. The van der Waals surface area contributed by atoms with Gasteiger partial charge >= 0.3 is 0 Å². The molecule has 0 amide bonds. The molecule has 1 aliphatic rings. The molecule has 2 heterocycles. The normalized spacial score (nSPS) is 20.8. The van der Waals surface area contributed by atoms with E-state index in [9.17, 15) is 5.11 Å². The van der Waals surface area contributed by atoms with Crippen LogP contribution < -0.4 is 0 Å². The summed E-state index contributed by atoms with van der Waals surface area (Å²) in [6.45, 7) is 2.80. The Morgan fingerprint density at radius 3 is 2.63 bits per heavy atom. The zero-order valence-electron chi connectivity index (χ0n) is 15.6. The van der Waals surface area contributed by atoms with Gasteiger partial charge in [-0.05, 0) is 29.3 Å². The van der Waals surface area contributed by atoms with E-state index in [1.807, 2.05) is 12.4 Å². The van der Waals surface area contributed by atoms with Gasteiger partial charge in [0.1, 0.15) is 6.61 Å². The molecule has 1 saturated heterocycles. The smallest absolute Gasteiger partial charge is 0.153 e. The predicted molar refractivity (Wildman–Crippen MR) is 105 cm³/mol. The van der Waals surface area contributed by atoms with Crippen LogP contribution in [0.5, 0.6) is 0 Å². The van der Waals surface area contributed by atoms with E-state index in [0.717, 1.165) is 25.1 Å². The molecule has 1 aromatic heterocycles. The molecule has 2 aromatic carbocycles. The van der Waals surface area contributed by atoms with Crippen molar-refractivity contribution < 1.29 is 9.84 Å². The van der Waals surface area contributed by atoms with Crippen molar-refractivity contribution in [2.45, 2.75) is 31.6 Å². The van der Waals surface area contributed by atoms with E-state index in [4.69, 9.17) is 4.74 Å². The van der Waals surface area contributed by atoms with E-state index >= 15 is 0 Å². The Hall–Kier alpha value is -2.34. The van der Waals surface area contributed by atoms with Gasteiger partial charge < -0.3 is 9.84 Å². The number of aliphatic hydroxyl groups is 1. The predicted octanol–water partition coefficient (Wildman–Crippen LogP) is 3.13. The summed E-state index contributed by atoms with van der Waals surface area (Å²) in [5.41, 5.74) is 2.29. The number of aromatic nitrogens is 2. The van der Waals surface area contributed by atoms with Crippen molar-refractivity contribution in [3.8, 4) is 0 Å². The monoisotopic (exact) mass is 363 g/mol. The second-order valence-corrected chi connectivity index (χ2v) is 7.24. The number of hydrogen-bond acceptors (Lipinski definition) is 5. The summed E-state index contributed by atoms with van der Waals surface area (Å²) in [5, 5.41) is 13.2. The van der Waals surface area contributed by atoms with Crippen molar-refractivity contribution in [3.05, 3.63) is 71.8 Å². The Balaban J connectivity index is 1.41. The molecule has 0 unspecified atom stereocenters. The van der Waals surface area contributed by atoms with Crippen molar-refractivity contribution in [2.75, 3.05) is 20.2 Å². The molecule has 4 rings (SSSR count). The van der Waals surface area contributed by atoms with Crippen molar-refractivity contribution in [3.63, 3.8) is 0 Å². The minimum Gasteiger partial charge on any atom is -0.391 e. The number of rotatable bonds is 5. The molecule has 27 heavy (non-hydrogen) atoms. The molecule has 0 radical (unpaired) electrons. The Morgan fingerprint density at radius 1 is 1.11 bits per heavy atom. The van der Waals surface area contributed by atoms with Gasteiger partial charge in [0.05, 0.1) is 6.10 Å². The van der Waals surface area contributed by atoms with Gasteiger partial charge in [-0.1, -0.05) is 42.5 Å². The molecular formula is C22H25N3O2. The van der Waals surface area contributed by atoms with Crippen molar-refractivity contribution in [1.29, 1.82) is 0 Å². The lowest BCUT2D eigenvalue weighted by Gasteiger charge is -2.36. The molecule has 0 saturated carbocycles. The van der Waals surface area contributed by atoms with E-state index in [1.54, 1.807) is 7.11 Å². The first-order valence-corrected chi connectivity index (χ1v) is 9.41. The number of methoxy groups -OCH3 is 1. The number of fused-ring (bicyclic) bond motifs is 1.